The van der Waals surface area contributed by atoms with E-state index in [4.69, 9.17) is 0 Å². The summed E-state index contributed by atoms with van der Waals surface area (Å²) in [5.74, 6) is 0.238. The lowest BCUT2D eigenvalue weighted by molar-refractivity contribution is -0.109. The lowest BCUT2D eigenvalue weighted by Crippen LogP contribution is -2.07. The molecule has 0 atom stereocenters. The molecular formula is C10H10O2. The van der Waals surface area contributed by atoms with Crippen LogP contribution in [0.1, 0.15) is 18.4 Å². The Bertz CT molecular complexity index is 313. The van der Waals surface area contributed by atoms with Gasteiger partial charge in [-0.3, -0.25) is 0 Å². The molecule has 0 saturated heterocycles. The van der Waals surface area contributed by atoms with Crippen molar-refractivity contribution in [2.45, 2.75) is 18.3 Å². The van der Waals surface area contributed by atoms with Crippen LogP contribution in [-0.4, -0.2) is 11.4 Å². The Labute approximate surface area is 70.8 Å². The summed E-state index contributed by atoms with van der Waals surface area (Å²) in [6, 6.07) is 7.05. The molecule has 0 unspecified atom stereocenters. The monoisotopic (exact) mass is 162 g/mol. The first-order valence-corrected chi connectivity index (χ1v) is 4.03. The maximum atomic E-state index is 10.7. The summed E-state index contributed by atoms with van der Waals surface area (Å²) in [7, 11) is 0. The first kappa shape index (κ1) is 7.35. The Morgan fingerprint density at radius 3 is 2.50 bits per heavy atom. The van der Waals surface area contributed by atoms with Gasteiger partial charge in [0, 0.05) is 5.56 Å². The molecule has 2 heteroatoms. The average Bonchev–Trinajstić information content (AvgIpc) is 2.86. The molecule has 0 amide bonds. The van der Waals surface area contributed by atoms with Crippen molar-refractivity contribution >= 4 is 6.29 Å². The van der Waals surface area contributed by atoms with E-state index in [0.717, 1.165) is 24.7 Å². The summed E-state index contributed by atoms with van der Waals surface area (Å²) in [6.07, 6.45) is 2.68. The molecule has 1 fully saturated rings. The van der Waals surface area contributed by atoms with Crippen molar-refractivity contribution in [3.63, 3.8) is 0 Å². The van der Waals surface area contributed by atoms with Gasteiger partial charge in [0.15, 0.2) is 0 Å². The number of phenolic OH excluding ortho intramolecular Hbond substituents is 1. The second kappa shape index (κ2) is 2.34. The maximum absolute atomic E-state index is 10.7. The maximum Gasteiger partial charge on any atom is 0.130 e. The SMILES string of the molecule is O=CC1(c2ccccc2O)CC1. The van der Waals surface area contributed by atoms with Crippen LogP contribution < -0.4 is 0 Å². The molecule has 1 aliphatic carbocycles. The number of rotatable bonds is 2. The van der Waals surface area contributed by atoms with Gasteiger partial charge in [-0.05, 0) is 18.9 Å². The van der Waals surface area contributed by atoms with Crippen molar-refractivity contribution in [2.24, 2.45) is 0 Å². The Morgan fingerprint density at radius 2 is 2.00 bits per heavy atom. The van der Waals surface area contributed by atoms with Crippen molar-refractivity contribution in [2.75, 3.05) is 0 Å². The Morgan fingerprint density at radius 1 is 1.33 bits per heavy atom. The lowest BCUT2D eigenvalue weighted by Gasteiger charge is -2.08. The third-order valence-electron chi connectivity index (χ3n) is 2.45. The predicted octanol–water partition coefficient (Wildman–Crippen LogP) is 1.62. The quantitative estimate of drug-likeness (QED) is 0.671. The molecule has 12 heavy (non-hydrogen) atoms. The molecule has 62 valence electrons. The summed E-state index contributed by atoms with van der Waals surface area (Å²) in [4.78, 5) is 10.7. The van der Waals surface area contributed by atoms with Crippen LogP contribution in [0.5, 0.6) is 5.75 Å². The molecule has 0 spiro atoms. The van der Waals surface area contributed by atoms with Crippen molar-refractivity contribution in [1.29, 1.82) is 0 Å². The highest BCUT2D eigenvalue weighted by molar-refractivity contribution is 5.74. The fourth-order valence-corrected chi connectivity index (χ4v) is 1.48. The van der Waals surface area contributed by atoms with Gasteiger partial charge in [0.25, 0.3) is 0 Å². The van der Waals surface area contributed by atoms with Crippen molar-refractivity contribution in [1.82, 2.24) is 0 Å². The van der Waals surface area contributed by atoms with Gasteiger partial charge in [-0.1, -0.05) is 18.2 Å². The lowest BCUT2D eigenvalue weighted by atomic mass is 9.97. The Kier molecular flexibility index (Phi) is 1.43. The highest BCUT2D eigenvalue weighted by Crippen LogP contribution is 2.49. The van der Waals surface area contributed by atoms with Gasteiger partial charge in [0.1, 0.15) is 12.0 Å². The molecule has 0 heterocycles. The fourth-order valence-electron chi connectivity index (χ4n) is 1.48. The normalized spacial score (nSPS) is 18.7. The van der Waals surface area contributed by atoms with E-state index in [1.54, 1.807) is 12.1 Å². The number of hydrogen-bond donors (Lipinski definition) is 1. The van der Waals surface area contributed by atoms with E-state index in [9.17, 15) is 9.90 Å². The van der Waals surface area contributed by atoms with E-state index in [2.05, 4.69) is 0 Å². The molecule has 2 rings (SSSR count). The second-order valence-corrected chi connectivity index (χ2v) is 3.29. The summed E-state index contributed by atoms with van der Waals surface area (Å²) in [6.45, 7) is 0. The van der Waals surface area contributed by atoms with E-state index in [1.807, 2.05) is 12.1 Å². The number of para-hydroxylation sites is 1. The number of carbonyl (C=O) groups excluding carboxylic acids is 1. The Hall–Kier alpha value is -1.31. The van der Waals surface area contributed by atoms with Crippen LogP contribution in [0, 0.1) is 0 Å². The average molecular weight is 162 g/mol. The first-order valence-electron chi connectivity index (χ1n) is 4.03. The molecule has 1 aromatic carbocycles. The zero-order valence-corrected chi connectivity index (χ0v) is 6.66. The third kappa shape index (κ3) is 0.916. The summed E-state index contributed by atoms with van der Waals surface area (Å²) >= 11 is 0. The number of phenols is 1. The van der Waals surface area contributed by atoms with E-state index in [0.29, 0.717) is 0 Å². The highest BCUT2D eigenvalue weighted by atomic mass is 16.3. The van der Waals surface area contributed by atoms with Gasteiger partial charge in [-0.15, -0.1) is 0 Å². The largest absolute Gasteiger partial charge is 0.508 e. The molecule has 1 aliphatic rings. The van der Waals surface area contributed by atoms with Gasteiger partial charge in [-0.25, -0.2) is 0 Å². The Balaban J connectivity index is 2.46. The van der Waals surface area contributed by atoms with Crippen molar-refractivity contribution in [3.05, 3.63) is 29.8 Å². The smallest absolute Gasteiger partial charge is 0.130 e. The topological polar surface area (TPSA) is 37.3 Å². The number of aldehydes is 1. The highest BCUT2D eigenvalue weighted by Gasteiger charge is 2.45. The molecule has 1 aromatic rings. The van der Waals surface area contributed by atoms with Crippen LogP contribution in [0.3, 0.4) is 0 Å². The zero-order chi connectivity index (χ0) is 8.60. The van der Waals surface area contributed by atoms with Crippen LogP contribution in [-0.2, 0) is 10.2 Å². The van der Waals surface area contributed by atoms with Gasteiger partial charge in [0.05, 0.1) is 5.41 Å². The number of aromatic hydroxyl groups is 1. The molecule has 0 radical (unpaired) electrons. The van der Waals surface area contributed by atoms with Crippen LogP contribution >= 0.6 is 0 Å². The molecule has 0 aliphatic heterocycles. The van der Waals surface area contributed by atoms with Gasteiger partial charge < -0.3 is 9.90 Å². The zero-order valence-electron chi connectivity index (χ0n) is 6.66. The van der Waals surface area contributed by atoms with E-state index >= 15 is 0 Å². The second-order valence-electron chi connectivity index (χ2n) is 3.29. The van der Waals surface area contributed by atoms with Crippen LogP contribution in [0.15, 0.2) is 24.3 Å². The number of hydrogen-bond acceptors (Lipinski definition) is 2. The van der Waals surface area contributed by atoms with Crippen LogP contribution in [0.4, 0.5) is 0 Å². The molecule has 1 saturated carbocycles. The molecule has 0 bridgehead atoms. The van der Waals surface area contributed by atoms with Gasteiger partial charge in [-0.2, -0.15) is 0 Å². The van der Waals surface area contributed by atoms with E-state index < -0.39 is 0 Å². The minimum atomic E-state index is -0.356. The van der Waals surface area contributed by atoms with Gasteiger partial charge in [0.2, 0.25) is 0 Å². The summed E-state index contributed by atoms with van der Waals surface area (Å²) in [5.41, 5.74) is 0.422. The molecule has 0 aromatic heterocycles. The number of carbonyl (C=O) groups is 1. The minimum absolute atomic E-state index is 0.238. The van der Waals surface area contributed by atoms with Crippen LogP contribution in [0.2, 0.25) is 0 Å². The van der Waals surface area contributed by atoms with Crippen molar-refractivity contribution < 1.29 is 9.90 Å². The van der Waals surface area contributed by atoms with Gasteiger partial charge >= 0.3 is 0 Å². The summed E-state index contributed by atoms with van der Waals surface area (Å²) in [5, 5.41) is 9.46. The predicted molar refractivity (Wildman–Crippen MR) is 45.1 cm³/mol. The molecular weight excluding hydrogens is 152 g/mol. The molecule has 1 N–H and O–H groups in total. The fraction of sp³-hybridized carbons (Fsp3) is 0.300. The minimum Gasteiger partial charge on any atom is -0.508 e. The van der Waals surface area contributed by atoms with Crippen molar-refractivity contribution in [3.8, 4) is 5.75 Å². The third-order valence-corrected chi connectivity index (χ3v) is 2.45. The van der Waals surface area contributed by atoms with E-state index in [1.165, 1.54) is 0 Å². The van der Waals surface area contributed by atoms with Crippen LogP contribution in [0.25, 0.3) is 0 Å². The number of benzene rings is 1. The first-order chi connectivity index (χ1) is 5.78. The molecule has 2 nitrogen and oxygen atoms in total. The van der Waals surface area contributed by atoms with E-state index in [-0.39, 0.29) is 11.2 Å². The summed E-state index contributed by atoms with van der Waals surface area (Å²) < 4.78 is 0. The standard InChI is InChI=1S/C10H10O2/c11-7-10(5-6-10)8-3-1-2-4-9(8)12/h1-4,7,12H,5-6H2.